The third-order valence-electron chi connectivity index (χ3n) is 6.03. The third kappa shape index (κ3) is 3.33. The number of esters is 1. The van der Waals surface area contributed by atoms with Crippen molar-refractivity contribution in [3.63, 3.8) is 0 Å². The van der Waals surface area contributed by atoms with Crippen LogP contribution in [0.1, 0.15) is 29.5 Å². The van der Waals surface area contributed by atoms with Crippen molar-refractivity contribution >= 4 is 23.1 Å². The predicted octanol–water partition coefficient (Wildman–Crippen LogP) is 4.85. The van der Waals surface area contributed by atoms with Crippen LogP contribution in [0, 0.1) is 13.8 Å². The fourth-order valence-corrected chi connectivity index (χ4v) is 4.49. The Morgan fingerprint density at radius 3 is 2.38 bits per heavy atom. The van der Waals surface area contributed by atoms with E-state index in [1.165, 1.54) is 0 Å². The smallest absolute Gasteiger partial charge is 0.343 e. The maximum absolute atomic E-state index is 12.9. The summed E-state index contributed by atoms with van der Waals surface area (Å²) in [6, 6.07) is 11.6. The van der Waals surface area contributed by atoms with E-state index in [4.69, 9.17) is 21.2 Å². The molecule has 0 aromatic heterocycles. The van der Waals surface area contributed by atoms with E-state index in [-0.39, 0.29) is 11.3 Å². The fraction of sp³-hybridized carbons (Fsp3) is 0.348. The molecule has 4 rings (SSSR count). The van der Waals surface area contributed by atoms with Crippen LogP contribution in [-0.4, -0.2) is 41.9 Å². The minimum absolute atomic E-state index is 0.0395. The highest BCUT2D eigenvalue weighted by Crippen LogP contribution is 2.45. The molecule has 1 saturated heterocycles. The highest BCUT2D eigenvalue weighted by Gasteiger charge is 2.50. The van der Waals surface area contributed by atoms with Gasteiger partial charge in [-0.05, 0) is 53.8 Å². The zero-order chi connectivity index (χ0) is 20.8. The van der Waals surface area contributed by atoms with Crippen LogP contribution in [-0.2, 0) is 14.4 Å². The molecular weight excluding hydrogens is 390 g/mol. The number of halogens is 1. The highest BCUT2D eigenvalue weighted by molar-refractivity contribution is 6.30. The maximum atomic E-state index is 12.9. The first-order chi connectivity index (χ1) is 13.9. The molecule has 2 aliphatic heterocycles. The van der Waals surface area contributed by atoms with Crippen LogP contribution >= 0.6 is 11.6 Å². The normalized spacial score (nSPS) is 19.1. The second kappa shape index (κ2) is 7.48. The van der Waals surface area contributed by atoms with Crippen LogP contribution in [0.3, 0.4) is 0 Å². The summed E-state index contributed by atoms with van der Waals surface area (Å²) in [5, 5.41) is 13.6. The molecule has 6 heteroatoms. The minimum atomic E-state index is -0.962. The van der Waals surface area contributed by atoms with Gasteiger partial charge in [-0.1, -0.05) is 35.9 Å². The van der Waals surface area contributed by atoms with Crippen LogP contribution in [0.2, 0.25) is 5.02 Å². The highest BCUT2D eigenvalue weighted by atomic mass is 35.5. The standard InChI is InChI=1S/C23H24ClNO4/c1-14-4-9-18(16-5-7-17(24)8-6-16)15(2)19(14)20-21(26)23(29-22(20)27)10-12-25(28-3)13-11-23/h4-9,26H,10-13H2,1-3H3. The van der Waals surface area contributed by atoms with Crippen molar-refractivity contribution < 1.29 is 19.5 Å². The summed E-state index contributed by atoms with van der Waals surface area (Å²) in [6.45, 7) is 5.09. The lowest BCUT2D eigenvalue weighted by atomic mass is 9.85. The second-order valence-corrected chi connectivity index (χ2v) is 8.09. The number of nitrogens with zero attached hydrogens (tertiary/aromatic N) is 1. The van der Waals surface area contributed by atoms with E-state index in [9.17, 15) is 9.90 Å². The number of hydrogen-bond donors (Lipinski definition) is 1. The summed E-state index contributed by atoms with van der Waals surface area (Å²) < 4.78 is 5.77. The molecule has 1 spiro atoms. The Morgan fingerprint density at radius 1 is 1.10 bits per heavy atom. The van der Waals surface area contributed by atoms with Gasteiger partial charge in [0.1, 0.15) is 5.57 Å². The van der Waals surface area contributed by atoms with E-state index in [2.05, 4.69) is 0 Å². The Morgan fingerprint density at radius 2 is 1.76 bits per heavy atom. The largest absolute Gasteiger partial charge is 0.507 e. The molecule has 0 unspecified atom stereocenters. The maximum Gasteiger partial charge on any atom is 0.343 e. The topological polar surface area (TPSA) is 59.0 Å². The first-order valence-corrected chi connectivity index (χ1v) is 10.1. The molecule has 0 saturated carbocycles. The Bertz CT molecular complexity index is 989. The molecule has 1 fully saturated rings. The predicted molar refractivity (Wildman–Crippen MR) is 113 cm³/mol. The first kappa shape index (κ1) is 20.0. The van der Waals surface area contributed by atoms with Gasteiger partial charge < -0.3 is 14.7 Å². The molecule has 152 valence electrons. The zero-order valence-electron chi connectivity index (χ0n) is 16.8. The molecule has 1 N–H and O–H groups in total. The Kier molecular flexibility index (Phi) is 5.15. The Hall–Kier alpha value is -2.34. The summed E-state index contributed by atoms with van der Waals surface area (Å²) in [4.78, 5) is 18.2. The van der Waals surface area contributed by atoms with Crippen LogP contribution in [0.25, 0.3) is 16.7 Å². The van der Waals surface area contributed by atoms with Crippen molar-refractivity contribution in [3.8, 4) is 11.1 Å². The number of hydrogen-bond acceptors (Lipinski definition) is 5. The average Bonchev–Trinajstić information content (AvgIpc) is 2.94. The molecule has 0 aliphatic carbocycles. The van der Waals surface area contributed by atoms with Crippen molar-refractivity contribution in [3.05, 3.63) is 63.9 Å². The third-order valence-corrected chi connectivity index (χ3v) is 6.28. The number of ether oxygens (including phenoxy) is 1. The Labute approximate surface area is 175 Å². The molecular formula is C23H24ClNO4. The molecule has 2 aliphatic rings. The van der Waals surface area contributed by atoms with Crippen LogP contribution < -0.4 is 0 Å². The molecule has 2 aromatic carbocycles. The minimum Gasteiger partial charge on any atom is -0.507 e. The van der Waals surface area contributed by atoms with E-state index in [1.54, 1.807) is 7.11 Å². The zero-order valence-corrected chi connectivity index (χ0v) is 17.5. The number of aryl methyl sites for hydroxylation is 1. The molecule has 29 heavy (non-hydrogen) atoms. The van der Waals surface area contributed by atoms with Crippen molar-refractivity contribution in [2.24, 2.45) is 0 Å². The molecule has 0 bridgehead atoms. The quantitative estimate of drug-likeness (QED) is 0.729. The summed E-state index contributed by atoms with van der Waals surface area (Å²) in [5.74, 6) is -0.425. The SMILES string of the molecule is CON1CCC2(CC1)OC(=O)C(c1c(C)ccc(-c3ccc(Cl)cc3)c1C)=C2O. The monoisotopic (exact) mass is 413 g/mol. The van der Waals surface area contributed by atoms with Gasteiger partial charge in [0, 0.05) is 31.0 Å². The molecule has 2 heterocycles. The number of benzene rings is 2. The summed E-state index contributed by atoms with van der Waals surface area (Å²) in [6.07, 6.45) is 0.994. The average molecular weight is 414 g/mol. The van der Waals surface area contributed by atoms with Crippen molar-refractivity contribution in [1.29, 1.82) is 0 Å². The lowest BCUT2D eigenvalue weighted by molar-refractivity contribution is -0.182. The number of aliphatic hydroxyl groups excluding tert-OH is 1. The van der Waals surface area contributed by atoms with Crippen molar-refractivity contribution in [1.82, 2.24) is 5.06 Å². The fourth-order valence-electron chi connectivity index (χ4n) is 4.36. The molecule has 5 nitrogen and oxygen atoms in total. The van der Waals surface area contributed by atoms with Gasteiger partial charge in [-0.25, -0.2) is 4.79 Å². The number of rotatable bonds is 3. The van der Waals surface area contributed by atoms with Gasteiger partial charge in [0.05, 0.1) is 7.11 Å². The lowest BCUT2D eigenvalue weighted by Crippen LogP contribution is -2.45. The number of hydroxylamine groups is 2. The van der Waals surface area contributed by atoms with Gasteiger partial charge in [-0.15, -0.1) is 0 Å². The molecule has 0 radical (unpaired) electrons. The Balaban J connectivity index is 1.80. The van der Waals surface area contributed by atoms with Crippen molar-refractivity contribution in [2.45, 2.75) is 32.3 Å². The van der Waals surface area contributed by atoms with E-state index in [0.29, 0.717) is 31.0 Å². The summed E-state index contributed by atoms with van der Waals surface area (Å²) in [5.41, 5.74) is 3.90. The number of piperidine rings is 1. The van der Waals surface area contributed by atoms with Crippen LogP contribution in [0.4, 0.5) is 0 Å². The van der Waals surface area contributed by atoms with Crippen molar-refractivity contribution in [2.75, 3.05) is 20.2 Å². The van der Waals surface area contributed by atoms with Crippen LogP contribution in [0.15, 0.2) is 42.2 Å². The van der Waals surface area contributed by atoms with Gasteiger partial charge >= 0.3 is 5.97 Å². The van der Waals surface area contributed by atoms with E-state index >= 15 is 0 Å². The molecule has 0 atom stereocenters. The van der Waals surface area contributed by atoms with Crippen LogP contribution in [0.5, 0.6) is 0 Å². The van der Waals surface area contributed by atoms with Gasteiger partial charge in [-0.3, -0.25) is 0 Å². The second-order valence-electron chi connectivity index (χ2n) is 7.66. The number of carbonyl (C=O) groups excluding carboxylic acids is 1. The first-order valence-electron chi connectivity index (χ1n) is 9.69. The summed E-state index contributed by atoms with van der Waals surface area (Å²) >= 11 is 6.03. The van der Waals surface area contributed by atoms with E-state index in [1.807, 2.05) is 55.3 Å². The van der Waals surface area contributed by atoms with Gasteiger partial charge in [0.15, 0.2) is 11.4 Å². The van der Waals surface area contributed by atoms with Gasteiger partial charge in [-0.2, -0.15) is 5.06 Å². The number of aliphatic hydroxyl groups is 1. The van der Waals surface area contributed by atoms with E-state index < -0.39 is 11.6 Å². The lowest BCUT2D eigenvalue weighted by Gasteiger charge is -2.36. The number of carbonyl (C=O) groups is 1. The van der Waals surface area contributed by atoms with E-state index in [0.717, 1.165) is 27.8 Å². The summed E-state index contributed by atoms with van der Waals surface area (Å²) in [7, 11) is 1.62. The molecule has 2 aromatic rings. The van der Waals surface area contributed by atoms with Gasteiger partial charge in [0.2, 0.25) is 0 Å². The van der Waals surface area contributed by atoms with Gasteiger partial charge in [0.25, 0.3) is 0 Å². The molecule has 0 amide bonds.